The Morgan fingerprint density at radius 1 is 1.16 bits per heavy atom. The number of hydrogen-bond acceptors (Lipinski definition) is 3. The van der Waals surface area contributed by atoms with Crippen LogP contribution in [-0.4, -0.2) is 15.5 Å². The first kappa shape index (κ1) is 13.5. The zero-order chi connectivity index (χ0) is 13.9. The van der Waals surface area contributed by atoms with Crippen LogP contribution in [0.2, 0.25) is 0 Å². The zero-order valence-electron chi connectivity index (χ0n) is 10.6. The van der Waals surface area contributed by atoms with Crippen LogP contribution in [0.4, 0.5) is 5.82 Å². The van der Waals surface area contributed by atoms with Gasteiger partial charge >= 0.3 is 0 Å². The van der Waals surface area contributed by atoms with E-state index in [1.165, 1.54) is 17.8 Å². The van der Waals surface area contributed by atoms with E-state index in [2.05, 4.69) is 4.98 Å². The molecular formula is C13H16N3O2S+. The minimum absolute atomic E-state index is 0.0735. The van der Waals surface area contributed by atoms with E-state index in [4.69, 9.17) is 5.14 Å². The summed E-state index contributed by atoms with van der Waals surface area (Å²) in [4.78, 5) is 4.99. The van der Waals surface area contributed by atoms with Crippen molar-refractivity contribution in [2.75, 3.05) is 11.9 Å². The summed E-state index contributed by atoms with van der Waals surface area (Å²) in [7, 11) is -1.73. The molecule has 19 heavy (non-hydrogen) atoms. The molecule has 0 fully saturated rings. The highest BCUT2D eigenvalue weighted by Gasteiger charge is 2.14. The van der Waals surface area contributed by atoms with Gasteiger partial charge in [-0.1, -0.05) is 30.3 Å². The van der Waals surface area contributed by atoms with Crippen LogP contribution in [-0.2, 0) is 16.6 Å². The largest absolute Gasteiger partial charge is 0.274 e. The molecule has 0 saturated heterocycles. The van der Waals surface area contributed by atoms with Crippen molar-refractivity contribution in [3.8, 4) is 0 Å². The number of nitrogens with one attached hydrogen (secondary N) is 1. The number of nitrogens with zero attached hydrogens (tertiary/aromatic N) is 1. The quantitative estimate of drug-likeness (QED) is 0.898. The second kappa shape index (κ2) is 5.38. The lowest BCUT2D eigenvalue weighted by atomic mass is 10.2. The Morgan fingerprint density at radius 3 is 2.37 bits per heavy atom. The van der Waals surface area contributed by atoms with Gasteiger partial charge in [0.15, 0.2) is 0 Å². The van der Waals surface area contributed by atoms with Crippen LogP contribution >= 0.6 is 0 Å². The maximum absolute atomic E-state index is 11.1. The molecule has 1 heterocycles. The molecule has 2 aromatic rings. The van der Waals surface area contributed by atoms with E-state index in [1.54, 1.807) is 6.07 Å². The van der Waals surface area contributed by atoms with Crippen LogP contribution in [0.5, 0.6) is 0 Å². The highest BCUT2D eigenvalue weighted by atomic mass is 32.2. The molecule has 1 aromatic carbocycles. The van der Waals surface area contributed by atoms with Crippen LogP contribution in [0.15, 0.2) is 53.6 Å². The van der Waals surface area contributed by atoms with Gasteiger partial charge in [0, 0.05) is 6.07 Å². The lowest BCUT2D eigenvalue weighted by Crippen LogP contribution is -2.25. The monoisotopic (exact) mass is 278 g/mol. The van der Waals surface area contributed by atoms with Gasteiger partial charge < -0.3 is 0 Å². The highest BCUT2D eigenvalue weighted by molar-refractivity contribution is 7.89. The van der Waals surface area contributed by atoms with E-state index < -0.39 is 10.0 Å². The Labute approximate surface area is 112 Å². The molecule has 0 unspecified atom stereocenters. The molecule has 0 amide bonds. The zero-order valence-corrected chi connectivity index (χ0v) is 11.4. The SMILES string of the molecule is CN(Cc1ccccc1)c1ccc(S(N)(=O)=O)c[nH+]1. The summed E-state index contributed by atoms with van der Waals surface area (Å²) in [6, 6.07) is 13.2. The summed E-state index contributed by atoms with van der Waals surface area (Å²) in [5.41, 5.74) is 1.17. The van der Waals surface area contributed by atoms with Gasteiger partial charge in [0.05, 0.1) is 7.05 Å². The van der Waals surface area contributed by atoms with Gasteiger partial charge in [-0.2, -0.15) is 0 Å². The third kappa shape index (κ3) is 3.52. The summed E-state index contributed by atoms with van der Waals surface area (Å²) in [6.07, 6.45) is 1.40. The third-order valence-corrected chi connectivity index (χ3v) is 3.68. The first-order chi connectivity index (χ1) is 8.97. The van der Waals surface area contributed by atoms with E-state index in [1.807, 2.05) is 42.3 Å². The lowest BCUT2D eigenvalue weighted by Gasteiger charge is -2.11. The van der Waals surface area contributed by atoms with E-state index in [-0.39, 0.29) is 4.90 Å². The van der Waals surface area contributed by atoms with E-state index in [0.717, 1.165) is 12.4 Å². The summed E-state index contributed by atoms with van der Waals surface area (Å²) >= 11 is 0. The number of primary sulfonamides is 1. The first-order valence-corrected chi connectivity index (χ1v) is 7.31. The van der Waals surface area contributed by atoms with Crippen molar-refractivity contribution in [1.82, 2.24) is 0 Å². The number of anilines is 1. The number of sulfonamides is 1. The molecule has 0 radical (unpaired) electrons. The van der Waals surface area contributed by atoms with E-state index in [0.29, 0.717) is 0 Å². The summed E-state index contributed by atoms with van der Waals surface area (Å²) in [5.74, 6) is 0.816. The Bertz CT molecular complexity index is 639. The average Bonchev–Trinajstić information content (AvgIpc) is 2.39. The summed E-state index contributed by atoms with van der Waals surface area (Å²) in [5, 5.41) is 5.05. The van der Waals surface area contributed by atoms with Crippen LogP contribution in [0.25, 0.3) is 0 Å². The Morgan fingerprint density at radius 2 is 1.84 bits per heavy atom. The number of pyridine rings is 1. The Kier molecular flexibility index (Phi) is 3.82. The highest BCUT2D eigenvalue weighted by Crippen LogP contribution is 2.11. The molecule has 0 aliphatic heterocycles. The minimum atomic E-state index is -3.65. The molecular weight excluding hydrogens is 262 g/mol. The first-order valence-electron chi connectivity index (χ1n) is 5.76. The molecule has 0 aliphatic rings. The number of nitrogens with two attached hydrogens (primary N) is 1. The van der Waals surface area contributed by atoms with Gasteiger partial charge in [-0.15, -0.1) is 0 Å². The van der Waals surface area contributed by atoms with Gasteiger partial charge in [-0.05, 0) is 11.6 Å². The molecule has 0 atom stereocenters. The predicted octanol–water partition coefficient (Wildman–Crippen LogP) is 0.785. The van der Waals surface area contributed by atoms with Gasteiger partial charge in [-0.3, -0.25) is 4.90 Å². The molecule has 0 bridgehead atoms. The van der Waals surface area contributed by atoms with Gasteiger partial charge in [-0.25, -0.2) is 18.5 Å². The topological polar surface area (TPSA) is 77.5 Å². The van der Waals surface area contributed by atoms with Crippen LogP contribution in [0.1, 0.15) is 5.56 Å². The maximum Gasteiger partial charge on any atom is 0.274 e. The normalized spacial score (nSPS) is 11.3. The fraction of sp³-hybridized carbons (Fsp3) is 0.154. The number of aromatic amines is 1. The van der Waals surface area contributed by atoms with Gasteiger partial charge in [0.2, 0.25) is 10.0 Å². The minimum Gasteiger partial charge on any atom is -0.260 e. The molecule has 6 heteroatoms. The van der Waals surface area contributed by atoms with Crippen molar-refractivity contribution in [3.63, 3.8) is 0 Å². The predicted molar refractivity (Wildman–Crippen MR) is 72.9 cm³/mol. The molecule has 5 nitrogen and oxygen atoms in total. The van der Waals surface area contributed by atoms with Crippen LogP contribution in [0, 0.1) is 0 Å². The van der Waals surface area contributed by atoms with Crippen LogP contribution in [0.3, 0.4) is 0 Å². The fourth-order valence-electron chi connectivity index (χ4n) is 1.76. The Hall–Kier alpha value is -1.92. The molecule has 2 rings (SSSR count). The Balaban J connectivity index is 2.14. The summed E-state index contributed by atoms with van der Waals surface area (Å²) in [6.45, 7) is 0.728. The van der Waals surface area contributed by atoms with Crippen molar-refractivity contribution in [2.24, 2.45) is 5.14 Å². The number of aromatic nitrogens is 1. The number of H-pyrrole nitrogens is 1. The number of hydrogen-bond donors (Lipinski definition) is 1. The van der Waals surface area contributed by atoms with E-state index >= 15 is 0 Å². The molecule has 0 aliphatic carbocycles. The average molecular weight is 278 g/mol. The standard InChI is InChI=1S/C13H15N3O2S/c1-16(10-11-5-3-2-4-6-11)13-8-7-12(9-15-13)19(14,17)18/h2-9H,10H2,1H3,(H2,14,17,18)/p+1. The molecule has 3 N–H and O–H groups in total. The van der Waals surface area contributed by atoms with E-state index in [9.17, 15) is 8.42 Å². The van der Waals surface area contributed by atoms with Crippen LogP contribution < -0.4 is 15.0 Å². The van der Waals surface area contributed by atoms with Crippen molar-refractivity contribution < 1.29 is 13.4 Å². The van der Waals surface area contributed by atoms with Crippen molar-refractivity contribution in [3.05, 3.63) is 54.2 Å². The fourth-order valence-corrected chi connectivity index (χ4v) is 2.24. The third-order valence-electron chi connectivity index (χ3n) is 2.77. The second-order valence-corrected chi connectivity index (χ2v) is 5.86. The number of benzene rings is 1. The van der Waals surface area contributed by atoms with Crippen molar-refractivity contribution in [2.45, 2.75) is 11.4 Å². The molecule has 100 valence electrons. The smallest absolute Gasteiger partial charge is 0.260 e. The second-order valence-electron chi connectivity index (χ2n) is 4.30. The summed E-state index contributed by atoms with van der Waals surface area (Å²) < 4.78 is 22.3. The van der Waals surface area contributed by atoms with Crippen molar-refractivity contribution in [1.29, 1.82) is 0 Å². The lowest BCUT2D eigenvalue weighted by molar-refractivity contribution is -0.367. The molecule has 1 aromatic heterocycles. The maximum atomic E-state index is 11.1. The molecule has 0 saturated carbocycles. The van der Waals surface area contributed by atoms with Crippen molar-refractivity contribution >= 4 is 15.8 Å². The van der Waals surface area contributed by atoms with Gasteiger partial charge in [0.25, 0.3) is 5.82 Å². The molecule has 0 spiro atoms. The number of rotatable bonds is 4. The van der Waals surface area contributed by atoms with Gasteiger partial charge in [0.1, 0.15) is 17.6 Å².